The van der Waals surface area contributed by atoms with E-state index in [0.717, 1.165) is 16.6 Å². The molecule has 2 heterocycles. The Morgan fingerprint density at radius 2 is 1.63 bits per heavy atom. The molecule has 1 aliphatic rings. The van der Waals surface area contributed by atoms with Crippen LogP contribution in [0.3, 0.4) is 0 Å². The lowest BCUT2D eigenvalue weighted by molar-refractivity contribution is -0.109. The molecule has 158 valence electrons. The average molecular weight is 428 g/mol. The predicted octanol–water partition coefficient (Wildman–Crippen LogP) is 4.94. The van der Waals surface area contributed by atoms with Crippen LogP contribution in [0.1, 0.15) is 50.7 Å². The van der Waals surface area contributed by atoms with E-state index >= 15 is 0 Å². The molecule has 1 aliphatic heterocycles. The zero-order valence-electron chi connectivity index (χ0n) is 17.7. The second-order valence-electron chi connectivity index (χ2n) is 8.18. The van der Waals surface area contributed by atoms with E-state index in [1.54, 1.807) is 6.07 Å². The van der Waals surface area contributed by atoms with E-state index in [1.165, 1.54) is 24.8 Å². The second-order valence-corrected chi connectivity index (χ2v) is 9.33. The number of benzene rings is 1. The van der Waals surface area contributed by atoms with Gasteiger partial charge >= 0.3 is 13.1 Å². The van der Waals surface area contributed by atoms with Crippen molar-refractivity contribution in [2.24, 2.45) is 0 Å². The molecule has 1 N–H and O–H groups in total. The number of carbonyl (C=O) groups is 2. The summed E-state index contributed by atoms with van der Waals surface area (Å²) in [5, 5.41) is 9.03. The van der Waals surface area contributed by atoms with Crippen molar-refractivity contribution in [2.45, 2.75) is 45.8 Å². The van der Waals surface area contributed by atoms with Crippen molar-refractivity contribution in [1.29, 1.82) is 0 Å². The summed E-state index contributed by atoms with van der Waals surface area (Å²) in [7, 11) is -0.537. The summed E-state index contributed by atoms with van der Waals surface area (Å²) in [6, 6.07) is 10.6. The summed E-state index contributed by atoms with van der Waals surface area (Å²) in [6.07, 6.45) is 1.96. The number of carbonyl (C=O) groups excluding carboxylic acids is 1. The first-order chi connectivity index (χ1) is 14.0. The lowest BCUT2D eigenvalue weighted by atomic mass is 9.78. The summed E-state index contributed by atoms with van der Waals surface area (Å²) < 4.78 is 17.7. The molecule has 30 heavy (non-hydrogen) atoms. The predicted molar refractivity (Wildman–Crippen MR) is 118 cm³/mol. The lowest BCUT2D eigenvalue weighted by Crippen LogP contribution is -2.41. The van der Waals surface area contributed by atoms with Crippen LogP contribution in [0.4, 0.5) is 0 Å². The quantitative estimate of drug-likeness (QED) is 0.653. The molecule has 1 fully saturated rings. The Morgan fingerprint density at radius 3 is 2.13 bits per heavy atom. The number of rotatable bonds is 6. The van der Waals surface area contributed by atoms with Crippen molar-refractivity contribution in [1.82, 2.24) is 0 Å². The van der Waals surface area contributed by atoms with Crippen LogP contribution in [0, 0.1) is 0 Å². The summed E-state index contributed by atoms with van der Waals surface area (Å²) in [5.74, 6) is -0.246. The zero-order chi connectivity index (χ0) is 22.1. The third-order valence-electron chi connectivity index (χ3n) is 5.36. The van der Waals surface area contributed by atoms with E-state index in [-0.39, 0.29) is 10.9 Å². The maximum absolute atomic E-state index is 11.5. The van der Waals surface area contributed by atoms with Gasteiger partial charge in [0, 0.05) is 18.2 Å². The Labute approximate surface area is 180 Å². The fourth-order valence-corrected chi connectivity index (χ4v) is 3.51. The Hall–Kier alpha value is -2.29. The van der Waals surface area contributed by atoms with Crippen molar-refractivity contribution >= 4 is 36.0 Å². The van der Waals surface area contributed by atoms with Gasteiger partial charge in [-0.15, -0.1) is 0 Å². The molecule has 0 atom stereocenters. The highest BCUT2D eigenvalue weighted by Crippen LogP contribution is 2.39. The molecule has 3 rings (SSSR count). The first-order valence-electron chi connectivity index (χ1n) is 9.61. The molecule has 0 radical (unpaired) electrons. The van der Waals surface area contributed by atoms with Gasteiger partial charge in [-0.3, -0.25) is 4.79 Å². The molecule has 1 saturated heterocycles. The Kier molecular flexibility index (Phi) is 6.31. The van der Waals surface area contributed by atoms with E-state index in [0.29, 0.717) is 11.5 Å². The van der Waals surface area contributed by atoms with Crippen molar-refractivity contribution in [3.63, 3.8) is 0 Å². The van der Waals surface area contributed by atoms with Gasteiger partial charge in [-0.05, 0) is 50.9 Å². The fraction of sp³-hybridized carbons (Fsp3) is 0.364. The van der Waals surface area contributed by atoms with Crippen molar-refractivity contribution in [3.8, 4) is 11.3 Å². The first-order valence-corrected chi connectivity index (χ1v) is 10.6. The van der Waals surface area contributed by atoms with Gasteiger partial charge in [0.25, 0.3) is 0 Å². The molecule has 6 nitrogen and oxygen atoms in total. The summed E-state index contributed by atoms with van der Waals surface area (Å²) in [6.45, 7) is 9.51. The van der Waals surface area contributed by atoms with Gasteiger partial charge in [-0.25, -0.2) is 4.79 Å². The number of thioether (sulfide) groups is 1. The molecular weight excluding hydrogens is 403 g/mol. The van der Waals surface area contributed by atoms with E-state index in [2.05, 4.69) is 0 Å². The Bertz CT molecular complexity index is 958. The second kappa shape index (κ2) is 8.45. The molecule has 0 amide bonds. The van der Waals surface area contributed by atoms with Gasteiger partial charge in [-0.2, -0.15) is 0 Å². The summed E-state index contributed by atoms with van der Waals surface area (Å²) in [4.78, 5) is 22.5. The van der Waals surface area contributed by atoms with Crippen molar-refractivity contribution < 1.29 is 28.4 Å². The highest BCUT2D eigenvalue weighted by atomic mass is 32.2. The number of carboxylic acids is 1. The van der Waals surface area contributed by atoms with Crippen LogP contribution in [0.25, 0.3) is 17.4 Å². The molecule has 2 aromatic rings. The molecule has 0 aliphatic carbocycles. The zero-order valence-corrected chi connectivity index (χ0v) is 18.5. The van der Waals surface area contributed by atoms with Gasteiger partial charge in [0.1, 0.15) is 5.76 Å². The normalized spacial score (nSPS) is 17.9. The smallest absolute Gasteiger partial charge is 0.475 e. The minimum atomic E-state index is -1.10. The van der Waals surface area contributed by atoms with Crippen LogP contribution in [-0.2, 0) is 14.1 Å². The van der Waals surface area contributed by atoms with Crippen LogP contribution in [0.15, 0.2) is 46.3 Å². The maximum Gasteiger partial charge on any atom is 0.491 e. The van der Waals surface area contributed by atoms with Crippen LogP contribution in [-0.4, -0.2) is 40.3 Å². The summed E-state index contributed by atoms with van der Waals surface area (Å²) >= 11 is 1.21. The first kappa shape index (κ1) is 22.4. The van der Waals surface area contributed by atoms with Crippen LogP contribution in [0.5, 0.6) is 0 Å². The van der Waals surface area contributed by atoms with Gasteiger partial charge in [0.15, 0.2) is 5.12 Å². The van der Waals surface area contributed by atoms with Gasteiger partial charge in [-0.1, -0.05) is 42.1 Å². The number of furan rings is 1. The van der Waals surface area contributed by atoms with E-state index in [4.69, 9.17) is 18.8 Å². The van der Waals surface area contributed by atoms with Crippen LogP contribution in [0.2, 0.25) is 0 Å². The summed E-state index contributed by atoms with van der Waals surface area (Å²) in [5.41, 5.74) is 1.62. The minimum Gasteiger partial charge on any atom is -0.475 e. The van der Waals surface area contributed by atoms with Crippen molar-refractivity contribution in [2.75, 3.05) is 5.75 Å². The maximum atomic E-state index is 11.5. The third kappa shape index (κ3) is 4.88. The molecule has 8 heteroatoms. The van der Waals surface area contributed by atoms with Crippen LogP contribution >= 0.6 is 11.8 Å². The number of hydrogen-bond acceptors (Lipinski definition) is 6. The van der Waals surface area contributed by atoms with E-state index in [9.17, 15) is 9.59 Å². The van der Waals surface area contributed by atoms with E-state index < -0.39 is 24.3 Å². The number of carboxylic acid groups (broad SMARTS) is 1. The SMILES string of the molecule is CC(=O)SCC(=Cc1ccc(-c2ccc(C(=O)O)o2)cc1)B1OC(C)(C)C(C)(C)O1. The topological polar surface area (TPSA) is 86.0 Å². The van der Waals surface area contributed by atoms with Crippen LogP contribution < -0.4 is 0 Å². The fourth-order valence-electron chi connectivity index (χ4n) is 2.92. The average Bonchev–Trinajstić information content (AvgIpc) is 3.22. The monoisotopic (exact) mass is 428 g/mol. The van der Waals surface area contributed by atoms with E-state index in [1.807, 2.05) is 58.0 Å². The number of aromatic carboxylic acids is 1. The highest BCUT2D eigenvalue weighted by Gasteiger charge is 2.52. The largest absolute Gasteiger partial charge is 0.491 e. The molecule has 0 spiro atoms. The standard InChI is InChI=1S/C22H25BO6S/c1-14(24)30-13-17(23-28-21(2,3)22(4,5)29-23)12-15-6-8-16(9-7-15)18-10-11-19(27-18)20(25)26/h6-12H,13H2,1-5H3,(H,25,26). The van der Waals surface area contributed by atoms with Gasteiger partial charge < -0.3 is 18.8 Å². The molecule has 1 aromatic heterocycles. The van der Waals surface area contributed by atoms with Crippen molar-refractivity contribution in [3.05, 3.63) is 53.2 Å². The van der Waals surface area contributed by atoms with Gasteiger partial charge in [0.2, 0.25) is 5.76 Å². The molecular formula is C22H25BO6S. The third-order valence-corrected chi connectivity index (χ3v) is 6.25. The molecule has 0 bridgehead atoms. The number of hydrogen-bond donors (Lipinski definition) is 1. The Morgan fingerprint density at radius 1 is 1.03 bits per heavy atom. The minimum absolute atomic E-state index is 0.0276. The highest BCUT2D eigenvalue weighted by molar-refractivity contribution is 8.13. The van der Waals surface area contributed by atoms with Gasteiger partial charge in [0.05, 0.1) is 11.2 Å². The Balaban J connectivity index is 1.85. The molecule has 1 aromatic carbocycles. The molecule has 0 saturated carbocycles. The molecule has 0 unspecified atom stereocenters. The lowest BCUT2D eigenvalue weighted by Gasteiger charge is -2.32.